The molecule has 3 N–H and O–H groups in total. The number of carbonyl (C=O) groups is 1. The van der Waals surface area contributed by atoms with Crippen molar-refractivity contribution >= 4 is 17.7 Å². The fraction of sp³-hybridized carbons (Fsp3) is 0.333. The number of aromatic nitrogens is 3. The third kappa shape index (κ3) is 3.05. The Morgan fingerprint density at radius 1 is 1.50 bits per heavy atom. The number of hydrogen-bond acceptors (Lipinski definition) is 5. The van der Waals surface area contributed by atoms with Crippen molar-refractivity contribution in [2.24, 2.45) is 0 Å². The first-order valence-electron chi connectivity index (χ1n) is 3.63. The second-order valence-electron chi connectivity index (χ2n) is 2.30. The van der Waals surface area contributed by atoms with Gasteiger partial charge in [0.05, 0.1) is 6.42 Å². The molecule has 1 aromatic rings. The van der Waals surface area contributed by atoms with E-state index in [0.717, 1.165) is 11.8 Å². The van der Waals surface area contributed by atoms with Gasteiger partial charge in [0.1, 0.15) is 0 Å². The molecular formula is C6H7N3O4S. The molecule has 1 aromatic heterocycles. The van der Waals surface area contributed by atoms with Gasteiger partial charge >= 0.3 is 11.7 Å². The standard InChI is InChI=1S/C6H7N3O4S/c10-3(11)1-2-14-5-4(12)7-6(13)9-8-5/h1-2H2,(H,10,11)(H2,7,9,12,13). The third-order valence-corrected chi connectivity index (χ3v) is 2.19. The zero-order valence-corrected chi connectivity index (χ0v) is 7.76. The van der Waals surface area contributed by atoms with Crippen LogP contribution in [0, 0.1) is 0 Å². The Balaban J connectivity index is 2.64. The van der Waals surface area contributed by atoms with E-state index in [9.17, 15) is 14.4 Å². The van der Waals surface area contributed by atoms with Gasteiger partial charge in [0.2, 0.25) is 0 Å². The summed E-state index contributed by atoms with van der Waals surface area (Å²) in [5.41, 5.74) is -1.29. The topological polar surface area (TPSA) is 116 Å². The minimum Gasteiger partial charge on any atom is -0.481 e. The number of nitrogens with one attached hydrogen (secondary N) is 2. The van der Waals surface area contributed by atoms with Crippen LogP contribution < -0.4 is 11.2 Å². The Bertz CT molecular complexity index is 437. The zero-order chi connectivity index (χ0) is 10.6. The minimum absolute atomic E-state index is 0.0610. The molecule has 0 saturated heterocycles. The average Bonchev–Trinajstić information content (AvgIpc) is 2.08. The number of hydrogen-bond donors (Lipinski definition) is 3. The SMILES string of the molecule is O=C(O)CCSc1n[nH]c(=O)[nH]c1=O. The fourth-order valence-corrected chi connectivity index (χ4v) is 1.43. The van der Waals surface area contributed by atoms with Crippen LogP contribution in [-0.2, 0) is 4.79 Å². The smallest absolute Gasteiger partial charge is 0.342 e. The zero-order valence-electron chi connectivity index (χ0n) is 6.94. The van der Waals surface area contributed by atoms with Gasteiger partial charge in [0, 0.05) is 5.75 Å². The highest BCUT2D eigenvalue weighted by molar-refractivity contribution is 7.99. The van der Waals surface area contributed by atoms with E-state index in [0.29, 0.717) is 0 Å². The lowest BCUT2D eigenvalue weighted by Gasteiger charge is -1.95. The number of carboxylic acid groups (broad SMARTS) is 1. The Morgan fingerprint density at radius 3 is 2.79 bits per heavy atom. The molecule has 0 unspecified atom stereocenters. The van der Waals surface area contributed by atoms with Crippen LogP contribution in [0.5, 0.6) is 0 Å². The van der Waals surface area contributed by atoms with Gasteiger partial charge in [-0.05, 0) is 0 Å². The molecule has 76 valence electrons. The molecule has 7 nitrogen and oxygen atoms in total. The van der Waals surface area contributed by atoms with Gasteiger partial charge in [-0.2, -0.15) is 5.10 Å². The molecule has 0 amide bonds. The van der Waals surface area contributed by atoms with Gasteiger partial charge in [0.15, 0.2) is 5.03 Å². The van der Waals surface area contributed by atoms with E-state index in [-0.39, 0.29) is 17.2 Å². The summed E-state index contributed by atoms with van der Waals surface area (Å²) in [5, 5.41) is 13.9. The molecule has 0 aliphatic carbocycles. The van der Waals surface area contributed by atoms with Crippen LogP contribution in [-0.4, -0.2) is 32.0 Å². The van der Waals surface area contributed by atoms with Crippen molar-refractivity contribution in [3.63, 3.8) is 0 Å². The average molecular weight is 217 g/mol. The molecule has 0 bridgehead atoms. The number of carboxylic acids is 1. The maximum atomic E-state index is 11.0. The highest BCUT2D eigenvalue weighted by atomic mass is 32.2. The van der Waals surface area contributed by atoms with Crippen molar-refractivity contribution in [3.05, 3.63) is 20.8 Å². The van der Waals surface area contributed by atoms with E-state index in [2.05, 4.69) is 5.10 Å². The van der Waals surface area contributed by atoms with E-state index >= 15 is 0 Å². The fourth-order valence-electron chi connectivity index (χ4n) is 0.670. The van der Waals surface area contributed by atoms with Crippen molar-refractivity contribution in [2.75, 3.05) is 5.75 Å². The van der Waals surface area contributed by atoms with E-state index < -0.39 is 17.2 Å². The molecule has 0 spiro atoms. The first-order valence-corrected chi connectivity index (χ1v) is 4.62. The van der Waals surface area contributed by atoms with Crippen molar-refractivity contribution in [1.29, 1.82) is 0 Å². The Hall–Kier alpha value is -1.57. The summed E-state index contributed by atoms with van der Waals surface area (Å²) >= 11 is 0.978. The minimum atomic E-state index is -0.946. The molecule has 1 heterocycles. The van der Waals surface area contributed by atoms with Gasteiger partial charge in [-0.15, -0.1) is 0 Å². The summed E-state index contributed by atoms with van der Waals surface area (Å²) in [5.74, 6) is -0.712. The maximum absolute atomic E-state index is 11.0. The van der Waals surface area contributed by atoms with E-state index in [1.807, 2.05) is 10.1 Å². The number of H-pyrrole nitrogens is 2. The van der Waals surface area contributed by atoms with Crippen LogP contribution in [0.4, 0.5) is 0 Å². The molecule has 0 aromatic carbocycles. The quantitative estimate of drug-likeness (QED) is 0.558. The molecule has 0 aliphatic heterocycles. The summed E-state index contributed by atoms with van der Waals surface area (Å²) in [6.45, 7) is 0. The molecule has 0 atom stereocenters. The van der Waals surface area contributed by atoms with Gasteiger partial charge in [0.25, 0.3) is 5.56 Å². The molecule has 1 rings (SSSR count). The van der Waals surface area contributed by atoms with Gasteiger partial charge in [-0.1, -0.05) is 11.8 Å². The summed E-state index contributed by atoms with van der Waals surface area (Å²) in [7, 11) is 0. The first-order chi connectivity index (χ1) is 6.59. The predicted octanol–water partition coefficient (Wildman–Crippen LogP) is -0.975. The monoisotopic (exact) mass is 217 g/mol. The van der Waals surface area contributed by atoms with Gasteiger partial charge in [-0.25, -0.2) is 9.89 Å². The van der Waals surface area contributed by atoms with Crippen LogP contribution in [0.2, 0.25) is 0 Å². The summed E-state index contributed by atoms with van der Waals surface area (Å²) in [6, 6.07) is 0. The Morgan fingerprint density at radius 2 is 2.21 bits per heavy atom. The third-order valence-electron chi connectivity index (χ3n) is 1.24. The molecular weight excluding hydrogens is 210 g/mol. The summed E-state index contributed by atoms with van der Waals surface area (Å²) in [6.07, 6.45) is -0.0646. The first kappa shape index (κ1) is 10.5. The largest absolute Gasteiger partial charge is 0.481 e. The Kier molecular flexibility index (Phi) is 3.46. The molecule has 14 heavy (non-hydrogen) atoms. The molecule has 0 aliphatic rings. The highest BCUT2D eigenvalue weighted by Gasteiger charge is 2.04. The van der Waals surface area contributed by atoms with Crippen LogP contribution in [0.1, 0.15) is 6.42 Å². The van der Waals surface area contributed by atoms with Crippen molar-refractivity contribution in [3.8, 4) is 0 Å². The highest BCUT2D eigenvalue weighted by Crippen LogP contribution is 2.09. The van der Waals surface area contributed by atoms with Crippen molar-refractivity contribution in [1.82, 2.24) is 15.2 Å². The summed E-state index contributed by atoms with van der Waals surface area (Å²) in [4.78, 5) is 33.7. The van der Waals surface area contributed by atoms with Crippen LogP contribution in [0.15, 0.2) is 14.6 Å². The van der Waals surface area contributed by atoms with Crippen molar-refractivity contribution < 1.29 is 9.90 Å². The molecule has 0 fully saturated rings. The lowest BCUT2D eigenvalue weighted by Crippen LogP contribution is -2.25. The van der Waals surface area contributed by atoms with E-state index in [4.69, 9.17) is 5.11 Å². The van der Waals surface area contributed by atoms with Crippen LogP contribution in [0.3, 0.4) is 0 Å². The van der Waals surface area contributed by atoms with Gasteiger partial charge < -0.3 is 5.11 Å². The Labute approximate surface area is 81.6 Å². The number of aliphatic carboxylic acids is 1. The van der Waals surface area contributed by atoms with Crippen LogP contribution in [0.25, 0.3) is 0 Å². The number of nitrogens with zero attached hydrogens (tertiary/aromatic N) is 1. The molecule has 8 heteroatoms. The predicted molar refractivity (Wildman–Crippen MR) is 48.5 cm³/mol. The van der Waals surface area contributed by atoms with E-state index in [1.54, 1.807) is 0 Å². The second-order valence-corrected chi connectivity index (χ2v) is 3.39. The maximum Gasteiger partial charge on any atom is 0.342 e. The number of rotatable bonds is 4. The second kappa shape index (κ2) is 4.61. The molecule has 0 radical (unpaired) electrons. The summed E-state index contributed by atoms with van der Waals surface area (Å²) < 4.78 is 0. The molecule has 0 saturated carbocycles. The normalized spacial score (nSPS) is 10.0. The van der Waals surface area contributed by atoms with E-state index in [1.165, 1.54) is 0 Å². The number of thioether (sulfide) groups is 1. The lowest BCUT2D eigenvalue weighted by atomic mass is 10.5. The lowest BCUT2D eigenvalue weighted by molar-refractivity contribution is -0.136. The van der Waals surface area contributed by atoms with Crippen molar-refractivity contribution in [2.45, 2.75) is 11.4 Å². The number of aromatic amines is 2. The van der Waals surface area contributed by atoms with Crippen LogP contribution >= 0.6 is 11.8 Å². The van der Waals surface area contributed by atoms with Gasteiger partial charge in [-0.3, -0.25) is 14.6 Å².